The van der Waals surface area contributed by atoms with Gasteiger partial charge in [-0.3, -0.25) is 4.90 Å². The normalized spacial score (nSPS) is 43.4. The highest BCUT2D eigenvalue weighted by atomic mass is 15.2. The smallest absolute Gasteiger partial charge is 0.0101 e. The number of rotatable bonds is 3. The second-order valence-corrected chi connectivity index (χ2v) is 9.15. The highest BCUT2D eigenvalue weighted by Gasteiger charge is 2.60. The monoisotopic (exact) mass is 290 g/mol. The molecular formula is C19H34N2. The number of hydrogen-bond acceptors (Lipinski definition) is 2. The quantitative estimate of drug-likeness (QED) is 0.855. The second kappa shape index (κ2) is 4.96. The summed E-state index contributed by atoms with van der Waals surface area (Å²) in [5.74, 6) is 2.93. The van der Waals surface area contributed by atoms with Crippen LogP contribution in [0.1, 0.15) is 59.3 Å². The lowest BCUT2D eigenvalue weighted by Crippen LogP contribution is -2.45. The minimum atomic E-state index is 0.733. The lowest BCUT2D eigenvalue weighted by Gasteiger charge is -2.39. The van der Waals surface area contributed by atoms with Crippen LogP contribution in [-0.2, 0) is 0 Å². The molecule has 2 nitrogen and oxygen atoms in total. The van der Waals surface area contributed by atoms with Crippen molar-refractivity contribution in [1.82, 2.24) is 10.2 Å². The standard InChI is InChI=1S/C19H34N2/c1-14(2)16-11-19(16)5-4-10-21(13-19)15(3)17-12-18(17)6-8-20-9-7-18/h14-17,20H,4-13H2,1-3H3. The predicted octanol–water partition coefficient (Wildman–Crippen LogP) is 3.52. The molecule has 0 aromatic carbocycles. The van der Waals surface area contributed by atoms with Crippen LogP contribution in [0, 0.1) is 28.6 Å². The molecule has 0 radical (unpaired) electrons. The summed E-state index contributed by atoms with van der Waals surface area (Å²) >= 11 is 0. The first-order valence-electron chi connectivity index (χ1n) is 9.51. The summed E-state index contributed by atoms with van der Waals surface area (Å²) in [6.07, 6.45) is 8.89. The predicted molar refractivity (Wildman–Crippen MR) is 88.3 cm³/mol. The van der Waals surface area contributed by atoms with Gasteiger partial charge in [0.25, 0.3) is 0 Å². The van der Waals surface area contributed by atoms with Crippen LogP contribution in [0.3, 0.4) is 0 Å². The van der Waals surface area contributed by atoms with Gasteiger partial charge in [-0.15, -0.1) is 0 Å². The van der Waals surface area contributed by atoms with Crippen LogP contribution in [0.4, 0.5) is 0 Å². The summed E-state index contributed by atoms with van der Waals surface area (Å²) in [7, 11) is 0. The first kappa shape index (κ1) is 14.5. The third-order valence-corrected chi connectivity index (χ3v) is 7.71. The van der Waals surface area contributed by atoms with Crippen LogP contribution >= 0.6 is 0 Å². The number of nitrogens with one attached hydrogen (secondary N) is 1. The van der Waals surface area contributed by atoms with Gasteiger partial charge >= 0.3 is 0 Å². The van der Waals surface area contributed by atoms with Crippen molar-refractivity contribution in [2.75, 3.05) is 26.2 Å². The zero-order valence-electron chi connectivity index (χ0n) is 14.3. The highest BCUT2D eigenvalue weighted by molar-refractivity contribution is 5.11. The van der Waals surface area contributed by atoms with E-state index in [1.54, 1.807) is 0 Å². The lowest BCUT2D eigenvalue weighted by atomic mass is 9.86. The number of hydrogen-bond donors (Lipinski definition) is 1. The van der Waals surface area contributed by atoms with Crippen molar-refractivity contribution in [3.8, 4) is 0 Å². The second-order valence-electron chi connectivity index (χ2n) is 9.15. The van der Waals surface area contributed by atoms with E-state index in [0.29, 0.717) is 0 Å². The molecule has 4 rings (SSSR count). The summed E-state index contributed by atoms with van der Waals surface area (Å²) in [6.45, 7) is 12.7. The van der Waals surface area contributed by atoms with E-state index >= 15 is 0 Å². The van der Waals surface area contributed by atoms with Crippen molar-refractivity contribution in [3.63, 3.8) is 0 Å². The molecule has 120 valence electrons. The fraction of sp³-hybridized carbons (Fsp3) is 1.00. The van der Waals surface area contributed by atoms with Gasteiger partial charge in [0.15, 0.2) is 0 Å². The number of piperidine rings is 2. The Kier molecular flexibility index (Phi) is 3.43. The molecule has 4 aliphatic rings. The van der Waals surface area contributed by atoms with Crippen molar-refractivity contribution >= 4 is 0 Å². The Labute approximate surface area is 131 Å². The molecule has 2 saturated heterocycles. The topological polar surface area (TPSA) is 15.3 Å². The minimum Gasteiger partial charge on any atom is -0.317 e. The minimum absolute atomic E-state index is 0.733. The van der Waals surface area contributed by atoms with E-state index in [9.17, 15) is 0 Å². The third kappa shape index (κ3) is 2.37. The van der Waals surface area contributed by atoms with E-state index in [4.69, 9.17) is 0 Å². The van der Waals surface area contributed by atoms with Gasteiger partial charge in [-0.05, 0) is 93.7 Å². The van der Waals surface area contributed by atoms with Gasteiger partial charge in [0, 0.05) is 12.6 Å². The molecule has 1 N–H and O–H groups in total. The largest absolute Gasteiger partial charge is 0.317 e. The van der Waals surface area contributed by atoms with E-state index in [1.807, 2.05) is 0 Å². The Bertz CT molecular complexity index is 398. The van der Waals surface area contributed by atoms with Crippen LogP contribution in [-0.4, -0.2) is 37.1 Å². The lowest BCUT2D eigenvalue weighted by molar-refractivity contribution is 0.0857. The van der Waals surface area contributed by atoms with Gasteiger partial charge in [-0.25, -0.2) is 0 Å². The fourth-order valence-corrected chi connectivity index (χ4v) is 6.15. The van der Waals surface area contributed by atoms with Crippen LogP contribution < -0.4 is 5.32 Å². The van der Waals surface area contributed by atoms with Crippen LogP contribution in [0.5, 0.6) is 0 Å². The summed E-state index contributed by atoms with van der Waals surface area (Å²) in [6, 6.07) is 0.841. The van der Waals surface area contributed by atoms with Gasteiger partial charge in [0.2, 0.25) is 0 Å². The third-order valence-electron chi connectivity index (χ3n) is 7.71. The molecule has 2 heterocycles. The van der Waals surface area contributed by atoms with E-state index in [2.05, 4.69) is 31.0 Å². The Hall–Kier alpha value is -0.0800. The van der Waals surface area contributed by atoms with Crippen molar-refractivity contribution in [1.29, 1.82) is 0 Å². The summed E-state index contributed by atoms with van der Waals surface area (Å²) < 4.78 is 0. The molecule has 21 heavy (non-hydrogen) atoms. The van der Waals surface area contributed by atoms with Crippen molar-refractivity contribution in [3.05, 3.63) is 0 Å². The molecule has 2 aliphatic carbocycles. The highest BCUT2D eigenvalue weighted by Crippen LogP contribution is 2.64. The molecule has 4 fully saturated rings. The van der Waals surface area contributed by atoms with Gasteiger partial charge in [0.1, 0.15) is 0 Å². The maximum atomic E-state index is 3.55. The molecule has 0 amide bonds. The molecule has 2 saturated carbocycles. The molecule has 4 atom stereocenters. The first-order chi connectivity index (χ1) is 10.1. The molecule has 0 bridgehead atoms. The molecule has 2 heteroatoms. The van der Waals surface area contributed by atoms with E-state index < -0.39 is 0 Å². The summed E-state index contributed by atoms with van der Waals surface area (Å²) in [5, 5.41) is 3.55. The zero-order chi connectivity index (χ0) is 14.7. The van der Waals surface area contributed by atoms with Gasteiger partial charge in [-0.2, -0.15) is 0 Å². The Morgan fingerprint density at radius 2 is 1.67 bits per heavy atom. The molecule has 0 aromatic rings. The SMILES string of the molecule is CC(C)C1CC12CCCN(C(C)C1CC13CCNCC3)C2. The first-order valence-corrected chi connectivity index (χ1v) is 9.51. The molecular weight excluding hydrogens is 256 g/mol. The molecule has 0 aromatic heterocycles. The van der Waals surface area contributed by atoms with Crippen molar-refractivity contribution < 1.29 is 0 Å². The number of nitrogens with zero attached hydrogens (tertiary/aromatic N) is 1. The Morgan fingerprint density at radius 3 is 2.33 bits per heavy atom. The van der Waals surface area contributed by atoms with Crippen molar-refractivity contribution in [2.45, 2.75) is 65.3 Å². The Balaban J connectivity index is 1.38. The Morgan fingerprint density at radius 1 is 0.952 bits per heavy atom. The molecule has 2 spiro atoms. The molecule has 4 unspecified atom stereocenters. The van der Waals surface area contributed by atoms with Crippen LogP contribution in [0.15, 0.2) is 0 Å². The summed E-state index contributed by atoms with van der Waals surface area (Å²) in [4.78, 5) is 2.90. The van der Waals surface area contributed by atoms with Crippen molar-refractivity contribution in [2.24, 2.45) is 28.6 Å². The van der Waals surface area contributed by atoms with E-state index in [-0.39, 0.29) is 0 Å². The average molecular weight is 290 g/mol. The van der Waals surface area contributed by atoms with Crippen LogP contribution in [0.25, 0.3) is 0 Å². The maximum Gasteiger partial charge on any atom is 0.0101 e. The van der Waals surface area contributed by atoms with Gasteiger partial charge in [-0.1, -0.05) is 13.8 Å². The van der Waals surface area contributed by atoms with E-state index in [0.717, 1.165) is 34.6 Å². The number of likely N-dealkylation sites (tertiary alicyclic amines) is 1. The molecule has 2 aliphatic heterocycles. The zero-order valence-corrected chi connectivity index (χ0v) is 14.3. The van der Waals surface area contributed by atoms with Gasteiger partial charge in [0.05, 0.1) is 0 Å². The van der Waals surface area contributed by atoms with E-state index in [1.165, 1.54) is 64.7 Å². The summed E-state index contributed by atoms with van der Waals surface area (Å²) in [5.41, 5.74) is 1.48. The average Bonchev–Trinajstić information content (AvgIpc) is 3.36. The van der Waals surface area contributed by atoms with Gasteiger partial charge < -0.3 is 5.32 Å². The maximum absolute atomic E-state index is 3.55. The fourth-order valence-electron chi connectivity index (χ4n) is 6.15. The van der Waals surface area contributed by atoms with Crippen LogP contribution in [0.2, 0.25) is 0 Å².